The van der Waals surface area contributed by atoms with E-state index in [0.717, 1.165) is 77.0 Å². The molecule has 500 valence electrons. The lowest BCUT2D eigenvalue weighted by Crippen LogP contribution is -2.47. The van der Waals surface area contributed by atoms with Crippen LogP contribution >= 0.6 is 7.82 Å². The molecule has 0 saturated carbocycles. The number of rotatable bonds is 68. The van der Waals surface area contributed by atoms with E-state index < -0.39 is 20.0 Å². The van der Waals surface area contributed by atoms with Crippen molar-refractivity contribution in [2.45, 2.75) is 380 Å². The molecule has 0 bridgehead atoms. The van der Waals surface area contributed by atoms with Gasteiger partial charge in [0.2, 0.25) is 5.91 Å². The topological polar surface area (TPSA) is 114 Å². The van der Waals surface area contributed by atoms with E-state index in [9.17, 15) is 19.0 Å². The quantitative estimate of drug-likeness (QED) is 0.0212. The minimum absolute atomic E-state index is 0.0213. The maximum Gasteiger partial charge on any atom is 0.306 e. The van der Waals surface area contributed by atoms with Gasteiger partial charge in [-0.1, -0.05) is 333 Å². The standard InChI is InChI=1S/C75H143N2O7P/c1-7-10-13-16-19-22-25-28-30-32-34-36-38-40-42-44-46-49-52-55-58-61-64-67-74(78)76-72(71-83-85(80,81)82-70-69-77(4,5)6)73(66-63-60-57-54-51-48-27-24-21-18-15-12-9-3)84-75(79)68-65-62-59-56-53-50-47-45-43-41-39-37-35-33-31-29-26-23-20-17-14-11-8-2/h19,22,28,30,34,36,63,66,72-73H,7-18,20-21,23-27,29,31-33,35,37-62,64-65,67-71H2,1-6H3,(H-,76,78,80,81)/b22-19-,30-28-,36-34-,66-63+. The predicted octanol–water partition coefficient (Wildman–Crippen LogP) is 22.9. The Balaban J connectivity index is 5.06. The van der Waals surface area contributed by atoms with Gasteiger partial charge in [0.25, 0.3) is 7.82 Å². The third kappa shape index (κ3) is 66.2. The van der Waals surface area contributed by atoms with Crippen LogP contribution in [0.5, 0.6) is 0 Å². The molecule has 0 heterocycles. The molecular formula is C75H143N2O7P. The third-order valence-corrected chi connectivity index (χ3v) is 17.7. The predicted molar refractivity (Wildman–Crippen MR) is 367 cm³/mol. The Kier molecular flexibility index (Phi) is 63.4. The Morgan fingerprint density at radius 2 is 0.718 bits per heavy atom. The number of esters is 1. The van der Waals surface area contributed by atoms with Crippen molar-refractivity contribution in [3.63, 3.8) is 0 Å². The van der Waals surface area contributed by atoms with Crippen molar-refractivity contribution in [1.29, 1.82) is 0 Å². The Hall–Kier alpha value is -2.03. The number of amides is 1. The van der Waals surface area contributed by atoms with Crippen LogP contribution in [0.1, 0.15) is 367 Å². The molecule has 0 aliphatic rings. The van der Waals surface area contributed by atoms with Gasteiger partial charge in [-0.25, -0.2) is 0 Å². The molecule has 3 unspecified atom stereocenters. The minimum atomic E-state index is -4.71. The van der Waals surface area contributed by atoms with Crippen LogP contribution in [0.3, 0.4) is 0 Å². The largest absolute Gasteiger partial charge is 0.756 e. The van der Waals surface area contributed by atoms with E-state index in [0.29, 0.717) is 17.4 Å². The molecule has 0 spiro atoms. The summed E-state index contributed by atoms with van der Waals surface area (Å²) in [5.41, 5.74) is 0. The molecule has 0 aromatic rings. The van der Waals surface area contributed by atoms with Crippen molar-refractivity contribution in [2.75, 3.05) is 40.9 Å². The van der Waals surface area contributed by atoms with Crippen LogP contribution in [0.25, 0.3) is 0 Å². The number of hydrogen-bond acceptors (Lipinski definition) is 7. The van der Waals surface area contributed by atoms with Gasteiger partial charge in [-0.3, -0.25) is 14.2 Å². The molecule has 1 amide bonds. The summed E-state index contributed by atoms with van der Waals surface area (Å²) < 4.78 is 30.5. The number of carbonyl (C=O) groups is 2. The lowest BCUT2D eigenvalue weighted by atomic mass is 10.0. The highest BCUT2D eigenvalue weighted by Crippen LogP contribution is 2.38. The molecular weight excluding hydrogens is 1070 g/mol. The number of nitrogens with one attached hydrogen (secondary N) is 1. The van der Waals surface area contributed by atoms with Crippen molar-refractivity contribution >= 4 is 19.7 Å². The summed E-state index contributed by atoms with van der Waals surface area (Å²) in [4.78, 5) is 40.3. The smallest absolute Gasteiger partial charge is 0.306 e. The first-order valence-electron chi connectivity index (χ1n) is 36.9. The number of likely N-dealkylation sites (N-methyl/N-ethyl adjacent to an activating group) is 1. The van der Waals surface area contributed by atoms with Crippen molar-refractivity contribution in [3.8, 4) is 0 Å². The molecule has 0 radical (unpaired) electrons. The molecule has 10 heteroatoms. The second kappa shape index (κ2) is 64.9. The summed E-state index contributed by atoms with van der Waals surface area (Å²) in [6.07, 6.45) is 82.3. The average Bonchev–Trinajstić information content (AvgIpc) is 3.52. The normalized spacial score (nSPS) is 13.7. The number of carbonyl (C=O) groups excluding carboxylic acids is 2. The van der Waals surface area contributed by atoms with Gasteiger partial charge in [-0.15, -0.1) is 0 Å². The van der Waals surface area contributed by atoms with Crippen molar-refractivity contribution in [1.82, 2.24) is 5.32 Å². The van der Waals surface area contributed by atoms with E-state index in [1.54, 1.807) is 0 Å². The van der Waals surface area contributed by atoms with E-state index in [4.69, 9.17) is 13.8 Å². The molecule has 3 atom stereocenters. The van der Waals surface area contributed by atoms with Crippen LogP contribution < -0.4 is 10.2 Å². The second-order valence-electron chi connectivity index (χ2n) is 26.5. The van der Waals surface area contributed by atoms with E-state index in [1.807, 2.05) is 33.3 Å². The van der Waals surface area contributed by atoms with Gasteiger partial charge in [0.15, 0.2) is 0 Å². The van der Waals surface area contributed by atoms with E-state index >= 15 is 0 Å². The summed E-state index contributed by atoms with van der Waals surface area (Å²) >= 11 is 0. The fraction of sp³-hybridized carbons (Fsp3) is 0.867. The summed E-state index contributed by atoms with van der Waals surface area (Å²) in [7, 11) is 1.20. The molecule has 0 rings (SSSR count). The zero-order valence-electron chi connectivity index (χ0n) is 57.3. The average molecular weight is 1220 g/mol. The SMILES string of the molecule is CCCCC/C=C\C/C=C\C/C=C\CCCCCCCCCCCCC(=O)NC(COP(=O)([O-])OCC[N+](C)(C)C)C(/C=C/CCCCCCCCCCCCC)OC(=O)CCCCCCCCCCCCCCCCCCCCCCCCC. The fourth-order valence-electron chi connectivity index (χ4n) is 11.1. The first-order valence-corrected chi connectivity index (χ1v) is 38.4. The van der Waals surface area contributed by atoms with Crippen LogP contribution in [0.2, 0.25) is 0 Å². The number of quaternary nitrogens is 1. The Bertz CT molecular complexity index is 1590. The summed E-state index contributed by atoms with van der Waals surface area (Å²) in [6, 6.07) is -0.890. The molecule has 85 heavy (non-hydrogen) atoms. The monoisotopic (exact) mass is 1220 g/mol. The first-order chi connectivity index (χ1) is 41.4. The molecule has 0 aliphatic heterocycles. The summed E-state index contributed by atoms with van der Waals surface area (Å²) in [5, 5.41) is 3.05. The van der Waals surface area contributed by atoms with Gasteiger partial charge in [-0.2, -0.15) is 0 Å². The molecule has 0 saturated heterocycles. The van der Waals surface area contributed by atoms with Gasteiger partial charge in [-0.05, 0) is 70.3 Å². The lowest BCUT2D eigenvalue weighted by Gasteiger charge is -2.30. The van der Waals surface area contributed by atoms with Gasteiger partial charge < -0.3 is 28.5 Å². The van der Waals surface area contributed by atoms with Crippen LogP contribution in [-0.2, 0) is 27.9 Å². The van der Waals surface area contributed by atoms with Crippen molar-refractivity contribution < 1.29 is 37.3 Å². The number of phosphoric ester groups is 1. The highest BCUT2D eigenvalue weighted by Gasteiger charge is 2.27. The Morgan fingerprint density at radius 1 is 0.412 bits per heavy atom. The maximum absolute atomic E-state index is 13.6. The Labute approximate surface area is 529 Å². The Morgan fingerprint density at radius 3 is 1.09 bits per heavy atom. The van der Waals surface area contributed by atoms with Crippen LogP contribution in [0.15, 0.2) is 48.6 Å². The number of phosphoric acid groups is 1. The number of unbranched alkanes of at least 4 members (excludes halogenated alkanes) is 46. The first kappa shape index (κ1) is 83.0. The molecule has 0 aromatic heterocycles. The minimum Gasteiger partial charge on any atom is -0.756 e. The summed E-state index contributed by atoms with van der Waals surface area (Å²) in [5.74, 6) is -0.526. The van der Waals surface area contributed by atoms with Crippen molar-refractivity contribution in [3.05, 3.63) is 48.6 Å². The van der Waals surface area contributed by atoms with Crippen LogP contribution in [0, 0.1) is 0 Å². The molecule has 9 nitrogen and oxygen atoms in total. The van der Waals surface area contributed by atoms with Gasteiger partial charge in [0.1, 0.15) is 19.3 Å². The van der Waals surface area contributed by atoms with Crippen LogP contribution in [-0.4, -0.2) is 69.4 Å². The maximum atomic E-state index is 13.6. The number of hydrogen-bond donors (Lipinski definition) is 1. The fourth-order valence-corrected chi connectivity index (χ4v) is 11.8. The molecule has 0 fully saturated rings. The van der Waals surface area contributed by atoms with Gasteiger partial charge >= 0.3 is 5.97 Å². The van der Waals surface area contributed by atoms with Crippen molar-refractivity contribution in [2.24, 2.45) is 0 Å². The number of nitrogens with zero attached hydrogens (tertiary/aromatic N) is 1. The number of allylic oxidation sites excluding steroid dienone is 7. The zero-order valence-corrected chi connectivity index (χ0v) is 58.2. The zero-order chi connectivity index (χ0) is 62.1. The summed E-state index contributed by atoms with van der Waals surface area (Å²) in [6.45, 7) is 6.88. The van der Waals surface area contributed by atoms with E-state index in [2.05, 4.69) is 62.5 Å². The highest BCUT2D eigenvalue weighted by atomic mass is 31.2. The van der Waals surface area contributed by atoms with Gasteiger partial charge in [0, 0.05) is 12.8 Å². The second-order valence-corrected chi connectivity index (χ2v) is 27.9. The van der Waals surface area contributed by atoms with E-state index in [1.165, 1.54) is 257 Å². The molecule has 0 aromatic carbocycles. The number of ether oxygens (including phenoxy) is 1. The third-order valence-electron chi connectivity index (χ3n) is 16.8. The molecule has 1 N–H and O–H groups in total. The van der Waals surface area contributed by atoms with Crippen LogP contribution in [0.4, 0.5) is 0 Å². The molecule has 0 aliphatic carbocycles. The van der Waals surface area contributed by atoms with Gasteiger partial charge in [0.05, 0.1) is 33.8 Å². The lowest BCUT2D eigenvalue weighted by molar-refractivity contribution is -0.870. The highest BCUT2D eigenvalue weighted by molar-refractivity contribution is 7.45. The van der Waals surface area contributed by atoms with E-state index in [-0.39, 0.29) is 31.5 Å².